The fraction of sp³-hybridized carbons (Fsp3) is 0.286. The van der Waals surface area contributed by atoms with Crippen molar-refractivity contribution in [2.45, 2.75) is 12.5 Å². The molecule has 4 heterocycles. The molecule has 2 aromatic heterocycles. The molecule has 0 aliphatic carbocycles. The summed E-state index contributed by atoms with van der Waals surface area (Å²) in [5, 5.41) is 3.17. The summed E-state index contributed by atoms with van der Waals surface area (Å²) in [6.45, 7) is 1.73. The molecule has 0 radical (unpaired) electrons. The van der Waals surface area contributed by atoms with Gasteiger partial charge in [-0.2, -0.15) is 0 Å². The van der Waals surface area contributed by atoms with Crippen molar-refractivity contribution < 1.29 is 4.79 Å². The molecule has 2 aromatic rings. The van der Waals surface area contributed by atoms with Crippen molar-refractivity contribution in [1.82, 2.24) is 15.0 Å². The van der Waals surface area contributed by atoms with Gasteiger partial charge in [0.2, 0.25) is 0 Å². The summed E-state index contributed by atoms with van der Waals surface area (Å²) in [7, 11) is 0. The summed E-state index contributed by atoms with van der Waals surface area (Å²) >= 11 is 6.01. The lowest BCUT2D eigenvalue weighted by atomic mass is 10.2. The van der Waals surface area contributed by atoms with E-state index in [4.69, 9.17) is 11.6 Å². The van der Waals surface area contributed by atoms with Crippen LogP contribution in [0.4, 0.5) is 22.1 Å². The summed E-state index contributed by atoms with van der Waals surface area (Å²) in [6.07, 6.45) is 3.89. The van der Waals surface area contributed by atoms with Crippen LogP contribution in [0.3, 0.4) is 0 Å². The van der Waals surface area contributed by atoms with Gasteiger partial charge in [0, 0.05) is 19.3 Å². The summed E-state index contributed by atoms with van der Waals surface area (Å²) in [5.41, 5.74) is 0.941. The Morgan fingerprint density at radius 3 is 3.09 bits per heavy atom. The van der Waals surface area contributed by atoms with Crippen molar-refractivity contribution in [2.75, 3.05) is 28.2 Å². The van der Waals surface area contributed by atoms with Gasteiger partial charge >= 0.3 is 6.03 Å². The topological polar surface area (TPSA) is 74.2 Å². The minimum Gasteiger partial charge on any atom is -0.366 e. The van der Waals surface area contributed by atoms with Crippen LogP contribution in [-0.2, 0) is 0 Å². The molecule has 1 atom stereocenters. The van der Waals surface area contributed by atoms with E-state index in [1.54, 1.807) is 23.2 Å². The molecule has 0 saturated carbocycles. The number of urea groups is 1. The minimum absolute atomic E-state index is 0.0975. The Labute approximate surface area is 131 Å². The normalized spacial score (nSPS) is 19.0. The van der Waals surface area contributed by atoms with Crippen LogP contribution in [0, 0.1) is 0 Å². The van der Waals surface area contributed by atoms with Crippen molar-refractivity contribution in [3.05, 3.63) is 35.9 Å². The average molecular weight is 317 g/mol. The van der Waals surface area contributed by atoms with Crippen molar-refractivity contribution in [2.24, 2.45) is 0 Å². The quantitative estimate of drug-likeness (QED) is 0.816. The van der Waals surface area contributed by atoms with Crippen LogP contribution >= 0.6 is 11.6 Å². The smallest absolute Gasteiger partial charge is 0.329 e. The Kier molecular flexibility index (Phi) is 3.07. The first kappa shape index (κ1) is 13.3. The number of nitrogens with one attached hydrogen (secondary N) is 1. The maximum absolute atomic E-state index is 12.7. The van der Waals surface area contributed by atoms with Gasteiger partial charge in [0.05, 0.1) is 11.7 Å². The van der Waals surface area contributed by atoms with Crippen LogP contribution in [-0.4, -0.2) is 40.1 Å². The molecule has 0 aromatic carbocycles. The number of pyridine rings is 1. The van der Waals surface area contributed by atoms with E-state index in [1.807, 2.05) is 6.07 Å². The van der Waals surface area contributed by atoms with Crippen LogP contribution in [0.5, 0.6) is 0 Å². The van der Waals surface area contributed by atoms with Gasteiger partial charge in [-0.15, -0.1) is 0 Å². The molecule has 1 N–H and O–H groups in total. The lowest BCUT2D eigenvalue weighted by Crippen LogP contribution is -2.48. The van der Waals surface area contributed by atoms with Crippen LogP contribution in [0.1, 0.15) is 6.42 Å². The Bertz CT molecular complexity index is 725. The molecule has 112 valence electrons. The largest absolute Gasteiger partial charge is 0.366 e. The number of carbonyl (C=O) groups is 1. The summed E-state index contributed by atoms with van der Waals surface area (Å²) in [5.74, 6) is 1.07. The van der Waals surface area contributed by atoms with E-state index >= 15 is 0 Å². The number of anilines is 3. The van der Waals surface area contributed by atoms with E-state index in [0.717, 1.165) is 25.2 Å². The second kappa shape index (κ2) is 5.10. The Hall–Kier alpha value is -2.41. The number of rotatable bonds is 1. The van der Waals surface area contributed by atoms with Crippen LogP contribution in [0.2, 0.25) is 5.15 Å². The number of fused-ring (bicyclic) bond motifs is 4. The number of nitrogens with zero attached hydrogens (tertiary/aromatic N) is 5. The summed E-state index contributed by atoms with van der Waals surface area (Å²) in [6, 6.07) is 5.16. The fourth-order valence-electron chi connectivity index (χ4n) is 2.98. The van der Waals surface area contributed by atoms with E-state index in [9.17, 15) is 4.79 Å². The molecular formula is C14H13ClN6O. The maximum Gasteiger partial charge on any atom is 0.329 e. The molecule has 2 aliphatic rings. The van der Waals surface area contributed by atoms with Gasteiger partial charge < -0.3 is 4.90 Å². The highest BCUT2D eigenvalue weighted by atomic mass is 35.5. The summed E-state index contributed by atoms with van der Waals surface area (Å²) in [4.78, 5) is 28.8. The number of carbonyl (C=O) groups excluding carboxylic acids is 1. The van der Waals surface area contributed by atoms with Crippen LogP contribution in [0.25, 0.3) is 0 Å². The predicted octanol–water partition coefficient (Wildman–Crippen LogP) is 2.16. The van der Waals surface area contributed by atoms with E-state index in [-0.39, 0.29) is 12.1 Å². The maximum atomic E-state index is 12.7. The van der Waals surface area contributed by atoms with Gasteiger partial charge in [0.1, 0.15) is 17.3 Å². The second-order valence-electron chi connectivity index (χ2n) is 5.26. The first-order chi connectivity index (χ1) is 10.7. The summed E-state index contributed by atoms with van der Waals surface area (Å²) < 4.78 is 0. The average Bonchev–Trinajstić information content (AvgIpc) is 2.93. The molecule has 8 heteroatoms. The van der Waals surface area contributed by atoms with Crippen molar-refractivity contribution in [3.63, 3.8) is 0 Å². The Morgan fingerprint density at radius 2 is 2.27 bits per heavy atom. The van der Waals surface area contributed by atoms with Crippen LogP contribution < -0.4 is 15.1 Å². The zero-order valence-corrected chi connectivity index (χ0v) is 12.4. The van der Waals surface area contributed by atoms with Crippen molar-refractivity contribution in [1.29, 1.82) is 0 Å². The monoisotopic (exact) mass is 316 g/mol. The Morgan fingerprint density at radius 1 is 1.36 bits per heavy atom. The zero-order valence-electron chi connectivity index (χ0n) is 11.6. The number of aromatic nitrogens is 3. The number of halogens is 1. The number of hydrogen-bond acceptors (Lipinski definition) is 5. The van der Waals surface area contributed by atoms with Gasteiger partial charge in [-0.3, -0.25) is 10.2 Å². The molecular weight excluding hydrogens is 304 g/mol. The molecule has 2 aliphatic heterocycles. The number of amides is 2. The van der Waals surface area contributed by atoms with E-state index in [1.165, 1.54) is 6.33 Å². The first-order valence-electron chi connectivity index (χ1n) is 7.00. The van der Waals surface area contributed by atoms with E-state index in [2.05, 4.69) is 25.2 Å². The third kappa shape index (κ3) is 2.14. The molecule has 0 spiro atoms. The van der Waals surface area contributed by atoms with E-state index in [0.29, 0.717) is 16.8 Å². The highest BCUT2D eigenvalue weighted by Gasteiger charge is 2.40. The second-order valence-corrected chi connectivity index (χ2v) is 5.65. The zero-order chi connectivity index (χ0) is 15.1. The standard InChI is InChI=1S/C14H13ClN6O/c15-11-2-1-10-13(18-11)21(9-4-6-20(10)7-9)14(22)19-12-3-5-16-8-17-12/h1-3,5,8-9H,4,6-7H2,(H,16,17,19,22)/t9-/m0/s1. The van der Waals surface area contributed by atoms with Gasteiger partial charge in [0.15, 0.2) is 5.82 Å². The van der Waals surface area contributed by atoms with Gasteiger partial charge in [0.25, 0.3) is 0 Å². The highest BCUT2D eigenvalue weighted by Crippen LogP contribution is 2.39. The molecule has 1 fully saturated rings. The van der Waals surface area contributed by atoms with Crippen molar-refractivity contribution >= 4 is 35.0 Å². The molecule has 1 saturated heterocycles. The van der Waals surface area contributed by atoms with Gasteiger partial charge in [-0.05, 0) is 24.6 Å². The fourth-order valence-corrected chi connectivity index (χ4v) is 3.13. The number of hydrogen-bond donors (Lipinski definition) is 1. The van der Waals surface area contributed by atoms with E-state index < -0.39 is 0 Å². The minimum atomic E-state index is -0.249. The van der Waals surface area contributed by atoms with Gasteiger partial charge in [-0.25, -0.2) is 19.7 Å². The third-order valence-corrected chi connectivity index (χ3v) is 4.16. The molecule has 0 unspecified atom stereocenters. The molecule has 2 bridgehead atoms. The predicted molar refractivity (Wildman–Crippen MR) is 83.4 cm³/mol. The highest BCUT2D eigenvalue weighted by molar-refractivity contribution is 6.29. The lowest BCUT2D eigenvalue weighted by Gasteiger charge is -2.35. The lowest BCUT2D eigenvalue weighted by molar-refractivity contribution is 0.254. The SMILES string of the molecule is O=C(Nc1ccncn1)N1c2nc(Cl)ccc2N2CC[C@H]1C2. The third-order valence-electron chi connectivity index (χ3n) is 3.95. The molecule has 2 amide bonds. The Balaban J connectivity index is 1.69. The first-order valence-corrected chi connectivity index (χ1v) is 7.38. The van der Waals surface area contributed by atoms with Gasteiger partial charge in [-0.1, -0.05) is 11.6 Å². The molecule has 7 nitrogen and oxygen atoms in total. The molecule has 22 heavy (non-hydrogen) atoms. The van der Waals surface area contributed by atoms with Crippen LogP contribution in [0.15, 0.2) is 30.7 Å². The van der Waals surface area contributed by atoms with Crippen molar-refractivity contribution in [3.8, 4) is 0 Å². The molecule has 4 rings (SSSR count).